The molecule has 1 heterocycles. The van der Waals surface area contributed by atoms with Gasteiger partial charge in [0.15, 0.2) is 0 Å². The number of nitrogens with zero attached hydrogens (tertiary/aromatic N) is 1. The number of amides is 1. The maximum Gasteiger partial charge on any atom is 0.227 e. The lowest BCUT2D eigenvalue weighted by molar-refractivity contribution is -0.130. The molecule has 0 unspecified atom stereocenters. The molecule has 0 spiro atoms. The minimum absolute atomic E-state index is 0.00665. The molecule has 0 radical (unpaired) electrons. The number of rotatable bonds is 5. The molecule has 22 heavy (non-hydrogen) atoms. The van der Waals surface area contributed by atoms with Crippen molar-refractivity contribution < 1.29 is 14.3 Å². The lowest BCUT2D eigenvalue weighted by Crippen LogP contribution is -2.34. The van der Waals surface area contributed by atoms with Gasteiger partial charge < -0.3 is 14.4 Å². The molecule has 1 N–H and O–H groups in total. The molecule has 1 amide bonds. The van der Waals surface area contributed by atoms with Crippen LogP contribution in [0.25, 0.3) is 21.7 Å². The Bertz CT molecular complexity index is 806. The van der Waals surface area contributed by atoms with Gasteiger partial charge in [-0.1, -0.05) is 30.3 Å². The van der Waals surface area contributed by atoms with E-state index in [1.807, 2.05) is 37.3 Å². The van der Waals surface area contributed by atoms with Crippen LogP contribution in [0, 0.1) is 0 Å². The zero-order valence-electron chi connectivity index (χ0n) is 12.6. The predicted molar refractivity (Wildman–Crippen MR) is 86.8 cm³/mol. The zero-order valence-corrected chi connectivity index (χ0v) is 12.6. The van der Waals surface area contributed by atoms with Crippen molar-refractivity contribution in [3.63, 3.8) is 0 Å². The summed E-state index contributed by atoms with van der Waals surface area (Å²) in [6.45, 7) is 2.85. The fourth-order valence-electron chi connectivity index (χ4n) is 2.86. The van der Waals surface area contributed by atoms with Crippen LogP contribution in [0.3, 0.4) is 0 Å². The van der Waals surface area contributed by atoms with Crippen LogP contribution >= 0.6 is 0 Å². The number of hydrogen-bond donors (Lipinski definition) is 1. The van der Waals surface area contributed by atoms with Crippen LogP contribution in [0.2, 0.25) is 0 Å². The monoisotopic (exact) mass is 297 g/mol. The molecule has 0 aliphatic heterocycles. The summed E-state index contributed by atoms with van der Waals surface area (Å²) in [5.41, 5.74) is 1.69. The van der Waals surface area contributed by atoms with Crippen LogP contribution < -0.4 is 0 Å². The van der Waals surface area contributed by atoms with E-state index >= 15 is 0 Å². The molecular formula is C18H19NO3. The molecule has 1 aromatic heterocycles. The van der Waals surface area contributed by atoms with Gasteiger partial charge in [-0.2, -0.15) is 0 Å². The molecule has 4 heteroatoms. The maximum absolute atomic E-state index is 12.4. The van der Waals surface area contributed by atoms with Crippen molar-refractivity contribution in [1.82, 2.24) is 4.90 Å². The molecule has 3 aromatic rings. The average molecular weight is 297 g/mol. The van der Waals surface area contributed by atoms with Crippen LogP contribution in [0.4, 0.5) is 0 Å². The number of carbonyl (C=O) groups excluding carboxylic acids is 1. The van der Waals surface area contributed by atoms with Crippen molar-refractivity contribution in [3.8, 4) is 0 Å². The molecule has 4 nitrogen and oxygen atoms in total. The van der Waals surface area contributed by atoms with E-state index in [1.165, 1.54) is 0 Å². The second-order valence-corrected chi connectivity index (χ2v) is 5.29. The maximum atomic E-state index is 12.4. The van der Waals surface area contributed by atoms with Crippen molar-refractivity contribution in [3.05, 3.63) is 48.2 Å². The first-order chi connectivity index (χ1) is 10.7. The highest BCUT2D eigenvalue weighted by molar-refractivity contribution is 6.08. The Balaban J connectivity index is 2.01. The van der Waals surface area contributed by atoms with Crippen LogP contribution in [0.1, 0.15) is 12.5 Å². The zero-order chi connectivity index (χ0) is 15.5. The molecule has 0 bridgehead atoms. The van der Waals surface area contributed by atoms with Gasteiger partial charge >= 0.3 is 0 Å². The summed E-state index contributed by atoms with van der Waals surface area (Å²) in [4.78, 5) is 14.0. The summed E-state index contributed by atoms with van der Waals surface area (Å²) in [6.07, 6.45) is 1.95. The summed E-state index contributed by atoms with van der Waals surface area (Å²) in [5, 5.41) is 12.3. The van der Waals surface area contributed by atoms with E-state index in [4.69, 9.17) is 9.52 Å². The highest BCUT2D eigenvalue weighted by Gasteiger charge is 2.16. The van der Waals surface area contributed by atoms with Crippen LogP contribution in [0.5, 0.6) is 0 Å². The van der Waals surface area contributed by atoms with Gasteiger partial charge in [0, 0.05) is 24.0 Å². The summed E-state index contributed by atoms with van der Waals surface area (Å²) in [6, 6.07) is 12.1. The number of carbonyl (C=O) groups is 1. The first kappa shape index (κ1) is 14.6. The molecule has 0 saturated heterocycles. The third kappa shape index (κ3) is 2.57. The Kier molecular flexibility index (Phi) is 4.11. The van der Waals surface area contributed by atoms with Gasteiger partial charge in [-0.25, -0.2) is 0 Å². The third-order valence-corrected chi connectivity index (χ3v) is 3.99. The number of aliphatic hydroxyl groups excluding tert-OH is 1. The van der Waals surface area contributed by atoms with Crippen molar-refractivity contribution in [2.45, 2.75) is 13.3 Å². The fourth-order valence-corrected chi connectivity index (χ4v) is 2.86. The van der Waals surface area contributed by atoms with Gasteiger partial charge in [-0.3, -0.25) is 4.79 Å². The minimum atomic E-state index is -0.0192. The average Bonchev–Trinajstić information content (AvgIpc) is 2.96. The van der Waals surface area contributed by atoms with E-state index in [-0.39, 0.29) is 18.9 Å². The van der Waals surface area contributed by atoms with Crippen LogP contribution in [0.15, 0.2) is 47.1 Å². The number of aliphatic hydroxyl groups is 1. The summed E-state index contributed by atoms with van der Waals surface area (Å²) >= 11 is 0. The predicted octanol–water partition coefficient (Wildman–Crippen LogP) is 2.97. The minimum Gasteiger partial charge on any atom is -0.464 e. The van der Waals surface area contributed by atoms with E-state index < -0.39 is 0 Å². The first-order valence-electron chi connectivity index (χ1n) is 7.51. The molecule has 0 atom stereocenters. The Morgan fingerprint density at radius 1 is 1.23 bits per heavy atom. The highest BCUT2D eigenvalue weighted by Crippen LogP contribution is 2.30. The SMILES string of the molecule is CCN(CCO)C(=O)Cc1coc2ccc3ccccc3c12. The number of fused-ring (bicyclic) bond motifs is 3. The van der Waals surface area contributed by atoms with E-state index in [0.29, 0.717) is 13.1 Å². The lowest BCUT2D eigenvalue weighted by Gasteiger charge is -2.19. The number of hydrogen-bond acceptors (Lipinski definition) is 3. The van der Waals surface area contributed by atoms with Crippen LogP contribution in [-0.4, -0.2) is 35.6 Å². The van der Waals surface area contributed by atoms with Gasteiger partial charge in [0.1, 0.15) is 5.58 Å². The Morgan fingerprint density at radius 3 is 2.82 bits per heavy atom. The number of furan rings is 1. The molecule has 3 rings (SSSR count). The van der Waals surface area contributed by atoms with Crippen LogP contribution in [-0.2, 0) is 11.2 Å². The lowest BCUT2D eigenvalue weighted by atomic mass is 10.0. The molecule has 0 saturated carbocycles. The largest absolute Gasteiger partial charge is 0.464 e. The van der Waals surface area contributed by atoms with E-state index in [0.717, 1.165) is 27.3 Å². The standard InChI is InChI=1S/C18H19NO3/c1-2-19(9-10-20)17(21)11-14-12-22-16-8-7-13-5-3-4-6-15(13)18(14)16/h3-8,12,20H,2,9-11H2,1H3. The summed E-state index contributed by atoms with van der Waals surface area (Å²) in [7, 11) is 0. The van der Waals surface area contributed by atoms with Gasteiger partial charge in [0.05, 0.1) is 19.3 Å². The molecule has 2 aromatic carbocycles. The second-order valence-electron chi connectivity index (χ2n) is 5.29. The summed E-state index contributed by atoms with van der Waals surface area (Å²) in [5.74, 6) is 0.00665. The molecule has 0 fully saturated rings. The molecule has 0 aliphatic rings. The van der Waals surface area contributed by atoms with Crippen molar-refractivity contribution >= 4 is 27.6 Å². The topological polar surface area (TPSA) is 53.7 Å². The van der Waals surface area contributed by atoms with Crippen molar-refractivity contribution in [1.29, 1.82) is 0 Å². The van der Waals surface area contributed by atoms with Crippen molar-refractivity contribution in [2.24, 2.45) is 0 Å². The smallest absolute Gasteiger partial charge is 0.227 e. The Hall–Kier alpha value is -2.33. The van der Waals surface area contributed by atoms with E-state index in [2.05, 4.69) is 6.07 Å². The highest BCUT2D eigenvalue weighted by atomic mass is 16.3. The van der Waals surface area contributed by atoms with Crippen molar-refractivity contribution in [2.75, 3.05) is 19.7 Å². The normalized spacial score (nSPS) is 11.2. The van der Waals surface area contributed by atoms with Gasteiger partial charge in [-0.05, 0) is 23.8 Å². The Morgan fingerprint density at radius 2 is 2.05 bits per heavy atom. The van der Waals surface area contributed by atoms with Gasteiger partial charge in [0.2, 0.25) is 5.91 Å². The van der Waals surface area contributed by atoms with E-state index in [1.54, 1.807) is 11.2 Å². The molecule has 114 valence electrons. The number of likely N-dealkylation sites (N-methyl/N-ethyl adjacent to an activating group) is 1. The fraction of sp³-hybridized carbons (Fsp3) is 0.278. The molecular weight excluding hydrogens is 278 g/mol. The van der Waals surface area contributed by atoms with Gasteiger partial charge in [0.25, 0.3) is 0 Å². The van der Waals surface area contributed by atoms with E-state index in [9.17, 15) is 4.79 Å². The molecule has 0 aliphatic carbocycles. The second kappa shape index (κ2) is 6.20. The quantitative estimate of drug-likeness (QED) is 0.787. The first-order valence-corrected chi connectivity index (χ1v) is 7.51. The Labute approximate surface area is 128 Å². The third-order valence-electron chi connectivity index (χ3n) is 3.99. The number of benzene rings is 2. The summed E-state index contributed by atoms with van der Waals surface area (Å²) < 4.78 is 5.61. The van der Waals surface area contributed by atoms with Gasteiger partial charge in [-0.15, -0.1) is 0 Å².